The first-order valence-corrected chi connectivity index (χ1v) is 9.43. The second kappa shape index (κ2) is 6.93. The number of rotatable bonds is 5. The molecule has 2 aliphatic rings. The molecule has 3 rings (SSSR count). The van der Waals surface area contributed by atoms with E-state index in [-0.39, 0.29) is 11.3 Å². The van der Waals surface area contributed by atoms with Gasteiger partial charge in [0.2, 0.25) is 0 Å². The van der Waals surface area contributed by atoms with Crippen LogP contribution in [0.5, 0.6) is 5.75 Å². The summed E-state index contributed by atoms with van der Waals surface area (Å²) in [5.74, 6) is 0.950. The van der Waals surface area contributed by atoms with Gasteiger partial charge in [-0.15, -0.1) is 0 Å². The van der Waals surface area contributed by atoms with Crippen LogP contribution in [0.3, 0.4) is 0 Å². The Bertz CT molecular complexity index is 499. The summed E-state index contributed by atoms with van der Waals surface area (Å²) < 4.78 is 18.9. The van der Waals surface area contributed by atoms with E-state index in [1.54, 1.807) is 0 Å². The first-order chi connectivity index (χ1) is 10.3. The minimum absolute atomic E-state index is 0.0783. The number of ether oxygens (including phenoxy) is 1. The lowest BCUT2D eigenvalue weighted by atomic mass is 10.00. The van der Waals surface area contributed by atoms with E-state index in [9.17, 15) is 4.21 Å². The molecule has 0 aromatic heterocycles. The van der Waals surface area contributed by atoms with Crippen molar-refractivity contribution < 1.29 is 8.95 Å². The average Bonchev–Trinajstić information content (AvgIpc) is 3.06. The van der Waals surface area contributed by atoms with E-state index in [2.05, 4.69) is 18.3 Å². The highest BCUT2D eigenvalue weighted by Crippen LogP contribution is 2.37. The smallest absolute Gasteiger partial charge is 0.124 e. The normalized spacial score (nSPS) is 27.1. The highest BCUT2D eigenvalue weighted by atomic mass is 32.2. The molecule has 1 heterocycles. The molecule has 0 spiro atoms. The summed E-state index contributed by atoms with van der Waals surface area (Å²) >= 11 is 0. The molecule has 1 N–H and O–H groups in total. The summed E-state index contributed by atoms with van der Waals surface area (Å²) in [6.45, 7) is 3.69. The van der Waals surface area contributed by atoms with Gasteiger partial charge in [-0.1, -0.05) is 38.0 Å². The zero-order valence-electron chi connectivity index (χ0n) is 12.7. The summed E-state index contributed by atoms with van der Waals surface area (Å²) in [7, 11) is -0.810. The predicted octanol–water partition coefficient (Wildman–Crippen LogP) is 3.18. The van der Waals surface area contributed by atoms with Crippen molar-refractivity contribution >= 4 is 10.8 Å². The van der Waals surface area contributed by atoms with E-state index in [0.29, 0.717) is 11.9 Å². The van der Waals surface area contributed by atoms with Crippen molar-refractivity contribution in [2.24, 2.45) is 0 Å². The molecule has 1 aromatic carbocycles. The van der Waals surface area contributed by atoms with Crippen molar-refractivity contribution in [3.8, 4) is 5.75 Å². The van der Waals surface area contributed by atoms with E-state index in [4.69, 9.17) is 4.74 Å². The van der Waals surface area contributed by atoms with Gasteiger partial charge < -0.3 is 10.1 Å². The van der Waals surface area contributed by atoms with Crippen LogP contribution < -0.4 is 10.1 Å². The van der Waals surface area contributed by atoms with Crippen LogP contribution in [0.15, 0.2) is 24.3 Å². The largest absolute Gasteiger partial charge is 0.492 e. The van der Waals surface area contributed by atoms with Crippen molar-refractivity contribution in [1.82, 2.24) is 5.32 Å². The highest BCUT2D eigenvalue weighted by Gasteiger charge is 2.38. The van der Waals surface area contributed by atoms with Crippen molar-refractivity contribution in [3.63, 3.8) is 0 Å². The fourth-order valence-electron chi connectivity index (χ4n) is 3.45. The van der Waals surface area contributed by atoms with Crippen LogP contribution in [-0.2, 0) is 10.8 Å². The maximum Gasteiger partial charge on any atom is 0.124 e. The van der Waals surface area contributed by atoms with Crippen molar-refractivity contribution in [2.45, 2.75) is 55.6 Å². The SMILES string of the molecule is CCCNC1c2ccccc2OCC1S(=O)C1CCCC1. The Balaban J connectivity index is 1.83. The van der Waals surface area contributed by atoms with Crippen molar-refractivity contribution in [2.75, 3.05) is 13.2 Å². The molecular weight excluding hydrogens is 282 g/mol. The van der Waals surface area contributed by atoms with Gasteiger partial charge in [-0.25, -0.2) is 0 Å². The third-order valence-electron chi connectivity index (χ3n) is 4.57. The molecule has 1 saturated carbocycles. The number of para-hydroxylation sites is 1. The molecule has 1 fully saturated rings. The Labute approximate surface area is 129 Å². The molecule has 1 aromatic rings. The maximum atomic E-state index is 13.0. The van der Waals surface area contributed by atoms with Crippen molar-refractivity contribution in [3.05, 3.63) is 29.8 Å². The van der Waals surface area contributed by atoms with Gasteiger partial charge in [0.1, 0.15) is 12.4 Å². The Morgan fingerprint density at radius 2 is 2.05 bits per heavy atom. The Morgan fingerprint density at radius 3 is 2.81 bits per heavy atom. The standard InChI is InChI=1S/C17H25NO2S/c1-2-11-18-17-14-9-5-6-10-15(14)20-12-16(17)21(19)13-7-3-4-8-13/h5-6,9-10,13,16-18H,2-4,7-8,11-12H2,1H3. The first kappa shape index (κ1) is 15.0. The van der Waals surface area contributed by atoms with Crippen LogP contribution in [0.2, 0.25) is 0 Å². The molecule has 1 aliphatic carbocycles. The molecule has 0 saturated heterocycles. The fourth-order valence-corrected chi connectivity index (χ4v) is 5.45. The van der Waals surface area contributed by atoms with Crippen LogP contribution in [0.25, 0.3) is 0 Å². The Morgan fingerprint density at radius 1 is 1.29 bits per heavy atom. The monoisotopic (exact) mass is 307 g/mol. The average molecular weight is 307 g/mol. The van der Waals surface area contributed by atoms with E-state index in [1.165, 1.54) is 18.4 Å². The summed E-state index contributed by atoms with van der Waals surface area (Å²) in [6, 6.07) is 8.34. The van der Waals surface area contributed by atoms with Crippen LogP contribution in [-0.4, -0.2) is 27.9 Å². The van der Waals surface area contributed by atoms with E-state index >= 15 is 0 Å². The topological polar surface area (TPSA) is 38.3 Å². The van der Waals surface area contributed by atoms with Crippen LogP contribution >= 0.6 is 0 Å². The van der Waals surface area contributed by atoms with Gasteiger partial charge in [0.25, 0.3) is 0 Å². The van der Waals surface area contributed by atoms with Crippen LogP contribution in [0.4, 0.5) is 0 Å². The molecule has 0 radical (unpaired) electrons. The van der Waals surface area contributed by atoms with E-state index < -0.39 is 10.8 Å². The van der Waals surface area contributed by atoms with Gasteiger partial charge in [0.05, 0.1) is 11.3 Å². The summed E-state index contributed by atoms with van der Waals surface area (Å²) in [5, 5.41) is 4.06. The lowest BCUT2D eigenvalue weighted by Crippen LogP contribution is -2.44. The number of nitrogens with one attached hydrogen (secondary N) is 1. The molecule has 3 nitrogen and oxygen atoms in total. The molecule has 0 amide bonds. The Kier molecular flexibility index (Phi) is 4.96. The lowest BCUT2D eigenvalue weighted by Gasteiger charge is -2.35. The van der Waals surface area contributed by atoms with Gasteiger partial charge >= 0.3 is 0 Å². The van der Waals surface area contributed by atoms with Gasteiger partial charge in [-0.05, 0) is 31.9 Å². The van der Waals surface area contributed by atoms with E-state index in [0.717, 1.165) is 31.6 Å². The zero-order chi connectivity index (χ0) is 14.7. The maximum absolute atomic E-state index is 13.0. The molecule has 116 valence electrons. The molecule has 0 bridgehead atoms. The van der Waals surface area contributed by atoms with Gasteiger partial charge in [-0.3, -0.25) is 4.21 Å². The third kappa shape index (κ3) is 3.16. The molecule has 4 heteroatoms. The van der Waals surface area contributed by atoms with Gasteiger partial charge in [-0.2, -0.15) is 0 Å². The number of hydrogen-bond acceptors (Lipinski definition) is 3. The molecule has 21 heavy (non-hydrogen) atoms. The fraction of sp³-hybridized carbons (Fsp3) is 0.647. The quantitative estimate of drug-likeness (QED) is 0.908. The zero-order valence-corrected chi connectivity index (χ0v) is 13.5. The summed E-state index contributed by atoms with van der Waals surface area (Å²) in [4.78, 5) is 0. The summed E-state index contributed by atoms with van der Waals surface area (Å²) in [5.41, 5.74) is 1.17. The van der Waals surface area contributed by atoms with Gasteiger partial charge in [0.15, 0.2) is 0 Å². The second-order valence-electron chi connectivity index (χ2n) is 6.05. The third-order valence-corrected chi connectivity index (χ3v) is 6.71. The van der Waals surface area contributed by atoms with E-state index in [1.807, 2.05) is 18.2 Å². The molecule has 3 unspecified atom stereocenters. The Hall–Kier alpha value is -0.870. The molecular formula is C17H25NO2S. The molecule has 3 atom stereocenters. The predicted molar refractivity (Wildman–Crippen MR) is 87.2 cm³/mol. The first-order valence-electron chi connectivity index (χ1n) is 8.15. The minimum Gasteiger partial charge on any atom is -0.492 e. The van der Waals surface area contributed by atoms with Crippen LogP contribution in [0.1, 0.15) is 50.6 Å². The number of benzene rings is 1. The van der Waals surface area contributed by atoms with Gasteiger partial charge in [0, 0.05) is 21.6 Å². The minimum atomic E-state index is -0.810. The van der Waals surface area contributed by atoms with Crippen molar-refractivity contribution in [1.29, 1.82) is 0 Å². The highest BCUT2D eigenvalue weighted by molar-refractivity contribution is 7.86. The summed E-state index contributed by atoms with van der Waals surface area (Å²) in [6.07, 6.45) is 5.78. The second-order valence-corrected chi connectivity index (χ2v) is 7.98. The lowest BCUT2D eigenvalue weighted by molar-refractivity contribution is 0.257. The number of fused-ring (bicyclic) bond motifs is 1. The van der Waals surface area contributed by atoms with Crippen LogP contribution in [0, 0.1) is 0 Å². The molecule has 1 aliphatic heterocycles. The number of hydrogen-bond donors (Lipinski definition) is 1.